The molecule has 7 heteroatoms. The Morgan fingerprint density at radius 1 is 0.967 bits per heavy atom. The van der Waals surface area contributed by atoms with E-state index in [1.807, 2.05) is 0 Å². The first-order chi connectivity index (χ1) is 14.5. The Hall–Kier alpha value is -2.90. The summed E-state index contributed by atoms with van der Waals surface area (Å²) < 4.78 is 5.10. The van der Waals surface area contributed by atoms with Crippen LogP contribution in [0.2, 0.25) is 0 Å². The Labute approximate surface area is 178 Å². The SMILES string of the molecule is COc1ccc(NC(=O)C(=O)NC[C@H](c2ccc(C)cc2)N2CCN(C)CC2)cc1. The molecule has 160 valence electrons. The summed E-state index contributed by atoms with van der Waals surface area (Å²) in [6.07, 6.45) is 0. The minimum atomic E-state index is -0.679. The maximum absolute atomic E-state index is 12.4. The number of hydrogen-bond donors (Lipinski definition) is 2. The highest BCUT2D eigenvalue weighted by Crippen LogP contribution is 2.22. The topological polar surface area (TPSA) is 73.9 Å². The van der Waals surface area contributed by atoms with Gasteiger partial charge in [0.2, 0.25) is 0 Å². The van der Waals surface area contributed by atoms with Crippen LogP contribution in [0, 0.1) is 6.92 Å². The zero-order valence-electron chi connectivity index (χ0n) is 17.9. The number of amides is 2. The van der Waals surface area contributed by atoms with Crippen molar-refractivity contribution in [3.8, 4) is 5.75 Å². The van der Waals surface area contributed by atoms with Gasteiger partial charge in [0.1, 0.15) is 5.75 Å². The predicted octanol–water partition coefficient (Wildman–Crippen LogP) is 2.05. The molecule has 7 nitrogen and oxygen atoms in total. The van der Waals surface area contributed by atoms with Crippen LogP contribution < -0.4 is 15.4 Å². The predicted molar refractivity (Wildman–Crippen MR) is 118 cm³/mol. The van der Waals surface area contributed by atoms with Crippen molar-refractivity contribution in [2.24, 2.45) is 0 Å². The summed E-state index contributed by atoms with van der Waals surface area (Å²) >= 11 is 0. The van der Waals surface area contributed by atoms with Gasteiger partial charge < -0.3 is 20.3 Å². The Morgan fingerprint density at radius 2 is 1.60 bits per heavy atom. The highest BCUT2D eigenvalue weighted by Gasteiger charge is 2.25. The molecule has 0 bridgehead atoms. The largest absolute Gasteiger partial charge is 0.497 e. The molecule has 1 atom stereocenters. The number of aryl methyl sites for hydroxylation is 1. The fourth-order valence-corrected chi connectivity index (χ4v) is 3.51. The van der Waals surface area contributed by atoms with E-state index in [1.54, 1.807) is 31.4 Å². The van der Waals surface area contributed by atoms with E-state index < -0.39 is 11.8 Å². The molecule has 0 aliphatic carbocycles. The summed E-state index contributed by atoms with van der Waals surface area (Å²) in [4.78, 5) is 29.4. The van der Waals surface area contributed by atoms with Crippen LogP contribution in [0.5, 0.6) is 5.75 Å². The highest BCUT2D eigenvalue weighted by atomic mass is 16.5. The molecule has 1 aliphatic rings. The van der Waals surface area contributed by atoms with Gasteiger partial charge in [-0.2, -0.15) is 0 Å². The third-order valence-electron chi connectivity index (χ3n) is 5.45. The summed E-state index contributed by atoms with van der Waals surface area (Å²) in [5, 5.41) is 5.44. The van der Waals surface area contributed by atoms with Gasteiger partial charge in [-0.05, 0) is 43.8 Å². The minimum Gasteiger partial charge on any atom is -0.497 e. The number of piperazine rings is 1. The van der Waals surface area contributed by atoms with Gasteiger partial charge in [-0.3, -0.25) is 14.5 Å². The summed E-state index contributed by atoms with van der Waals surface area (Å²) in [5.41, 5.74) is 2.88. The van der Waals surface area contributed by atoms with Gasteiger partial charge in [0.05, 0.1) is 13.2 Å². The first-order valence-corrected chi connectivity index (χ1v) is 10.2. The first-order valence-electron chi connectivity index (χ1n) is 10.2. The van der Waals surface area contributed by atoms with Crippen molar-refractivity contribution in [1.82, 2.24) is 15.1 Å². The quantitative estimate of drug-likeness (QED) is 0.713. The number of nitrogens with zero attached hydrogens (tertiary/aromatic N) is 2. The number of methoxy groups -OCH3 is 1. The minimum absolute atomic E-state index is 0.0250. The molecule has 0 aromatic heterocycles. The van der Waals surface area contributed by atoms with Crippen LogP contribution >= 0.6 is 0 Å². The number of ether oxygens (including phenoxy) is 1. The average Bonchev–Trinajstić information content (AvgIpc) is 2.76. The van der Waals surface area contributed by atoms with E-state index in [1.165, 1.54) is 5.56 Å². The smallest absolute Gasteiger partial charge is 0.313 e. The van der Waals surface area contributed by atoms with Crippen LogP contribution in [0.15, 0.2) is 48.5 Å². The second kappa shape index (κ2) is 10.2. The van der Waals surface area contributed by atoms with E-state index >= 15 is 0 Å². The Balaban J connectivity index is 1.62. The average molecular weight is 411 g/mol. The molecule has 0 spiro atoms. The third kappa shape index (κ3) is 5.81. The lowest BCUT2D eigenvalue weighted by atomic mass is 10.0. The van der Waals surface area contributed by atoms with Gasteiger partial charge >= 0.3 is 11.8 Å². The zero-order chi connectivity index (χ0) is 21.5. The van der Waals surface area contributed by atoms with Crippen molar-refractivity contribution in [3.05, 3.63) is 59.7 Å². The number of rotatable bonds is 6. The number of carbonyl (C=O) groups excluding carboxylic acids is 2. The monoisotopic (exact) mass is 410 g/mol. The molecule has 2 amide bonds. The highest BCUT2D eigenvalue weighted by molar-refractivity contribution is 6.39. The second-order valence-electron chi connectivity index (χ2n) is 7.66. The molecule has 2 aromatic carbocycles. The Kier molecular flexibility index (Phi) is 7.43. The van der Waals surface area contributed by atoms with E-state index in [4.69, 9.17) is 4.74 Å². The van der Waals surface area contributed by atoms with Crippen LogP contribution in [0.4, 0.5) is 5.69 Å². The molecular weight excluding hydrogens is 380 g/mol. The molecule has 0 radical (unpaired) electrons. The van der Waals surface area contributed by atoms with Gasteiger partial charge in [-0.1, -0.05) is 29.8 Å². The third-order valence-corrected chi connectivity index (χ3v) is 5.45. The maximum Gasteiger partial charge on any atom is 0.313 e. The van der Waals surface area contributed by atoms with E-state index in [2.05, 4.69) is 58.7 Å². The summed E-state index contributed by atoms with van der Waals surface area (Å²) in [6, 6.07) is 15.2. The van der Waals surface area contributed by atoms with E-state index in [-0.39, 0.29) is 6.04 Å². The lowest BCUT2D eigenvalue weighted by Crippen LogP contribution is -2.49. The number of carbonyl (C=O) groups is 2. The van der Waals surface area contributed by atoms with Crippen LogP contribution in [-0.4, -0.2) is 68.5 Å². The molecular formula is C23H30N4O3. The standard InChI is InChI=1S/C23H30N4O3/c1-17-4-6-18(7-5-17)21(27-14-12-26(2)13-15-27)16-24-22(28)23(29)25-19-8-10-20(30-3)11-9-19/h4-11,21H,12-16H2,1-3H3,(H,24,28)(H,25,29)/t21-/m1/s1. The zero-order valence-corrected chi connectivity index (χ0v) is 17.9. The maximum atomic E-state index is 12.4. The van der Waals surface area contributed by atoms with Gasteiger partial charge in [0.15, 0.2) is 0 Å². The lowest BCUT2D eigenvalue weighted by Gasteiger charge is -2.38. The van der Waals surface area contributed by atoms with Crippen molar-refractivity contribution < 1.29 is 14.3 Å². The van der Waals surface area contributed by atoms with E-state index in [0.717, 1.165) is 31.7 Å². The van der Waals surface area contributed by atoms with Crippen molar-refractivity contribution >= 4 is 17.5 Å². The van der Waals surface area contributed by atoms with Gasteiger partial charge in [0.25, 0.3) is 0 Å². The van der Waals surface area contributed by atoms with Gasteiger partial charge in [-0.25, -0.2) is 0 Å². The summed E-state index contributed by atoms with van der Waals surface area (Å²) in [7, 11) is 3.69. The molecule has 1 fully saturated rings. The van der Waals surface area contributed by atoms with E-state index in [9.17, 15) is 9.59 Å². The molecule has 2 aromatic rings. The number of hydrogen-bond acceptors (Lipinski definition) is 5. The Morgan fingerprint density at radius 3 is 2.20 bits per heavy atom. The van der Waals surface area contributed by atoms with Crippen LogP contribution in [0.3, 0.4) is 0 Å². The fourth-order valence-electron chi connectivity index (χ4n) is 3.51. The number of benzene rings is 2. The van der Waals surface area contributed by atoms with Crippen molar-refractivity contribution in [2.45, 2.75) is 13.0 Å². The van der Waals surface area contributed by atoms with Crippen LogP contribution in [0.1, 0.15) is 17.2 Å². The van der Waals surface area contributed by atoms with Crippen molar-refractivity contribution in [1.29, 1.82) is 0 Å². The van der Waals surface area contributed by atoms with E-state index in [0.29, 0.717) is 18.0 Å². The van der Waals surface area contributed by atoms with Crippen molar-refractivity contribution in [3.63, 3.8) is 0 Å². The lowest BCUT2D eigenvalue weighted by molar-refractivity contribution is -0.136. The second-order valence-corrected chi connectivity index (χ2v) is 7.66. The number of nitrogens with one attached hydrogen (secondary N) is 2. The van der Waals surface area contributed by atoms with Crippen LogP contribution in [0.25, 0.3) is 0 Å². The van der Waals surface area contributed by atoms with Crippen LogP contribution in [-0.2, 0) is 9.59 Å². The first kappa shape index (κ1) is 21.8. The van der Waals surface area contributed by atoms with Crippen molar-refractivity contribution in [2.75, 3.05) is 52.2 Å². The number of anilines is 1. The molecule has 30 heavy (non-hydrogen) atoms. The van der Waals surface area contributed by atoms with Gasteiger partial charge in [-0.15, -0.1) is 0 Å². The molecule has 1 heterocycles. The Bertz CT molecular complexity index is 844. The molecule has 3 rings (SSSR count). The molecule has 1 saturated heterocycles. The molecule has 1 aliphatic heterocycles. The molecule has 0 saturated carbocycles. The normalized spacial score (nSPS) is 16.0. The molecule has 2 N–H and O–H groups in total. The number of likely N-dealkylation sites (N-methyl/N-ethyl adjacent to an activating group) is 1. The molecule has 0 unspecified atom stereocenters. The summed E-state index contributed by atoms with van der Waals surface area (Å²) in [5.74, 6) is -0.635. The summed E-state index contributed by atoms with van der Waals surface area (Å²) in [6.45, 7) is 6.23. The van der Waals surface area contributed by atoms with Gasteiger partial charge in [0, 0.05) is 38.4 Å². The fraction of sp³-hybridized carbons (Fsp3) is 0.391.